The van der Waals surface area contributed by atoms with E-state index in [2.05, 4.69) is 0 Å². The van der Waals surface area contributed by atoms with Crippen LogP contribution in [-0.4, -0.2) is 49.0 Å². The zero-order valence-corrected chi connectivity index (χ0v) is 13.5. The zero-order chi connectivity index (χ0) is 18.0. The highest BCUT2D eigenvalue weighted by molar-refractivity contribution is 6.11. The first-order chi connectivity index (χ1) is 12.0. The van der Waals surface area contributed by atoms with Gasteiger partial charge in [0.2, 0.25) is 5.91 Å². The molecule has 1 aromatic rings. The highest BCUT2D eigenvalue weighted by Gasteiger charge is 2.54. The molecule has 0 radical (unpaired) electrons. The smallest absolute Gasteiger partial charge is 0.268 e. The molecule has 0 saturated carbocycles. The number of benzene rings is 1. The summed E-state index contributed by atoms with van der Waals surface area (Å²) in [7, 11) is 0. The highest BCUT2D eigenvalue weighted by atomic mass is 19.1. The summed E-state index contributed by atoms with van der Waals surface area (Å²) in [4.78, 5) is 42.9. The number of carbonyl (C=O) groups is 3. The molecule has 2 aliphatic rings. The average molecular weight is 347 g/mol. The third kappa shape index (κ3) is 2.89. The number of carbonyl (C=O) groups excluding carboxylic acids is 3. The number of nitrogens with two attached hydrogens (primary N) is 1. The lowest BCUT2D eigenvalue weighted by molar-refractivity contribution is -0.162. The van der Waals surface area contributed by atoms with Crippen molar-refractivity contribution in [2.75, 3.05) is 31.3 Å². The molecule has 0 unspecified atom stereocenters. The van der Waals surface area contributed by atoms with Gasteiger partial charge in [0, 0.05) is 24.9 Å². The number of anilines is 1. The van der Waals surface area contributed by atoms with Crippen molar-refractivity contribution in [3.63, 3.8) is 0 Å². The monoisotopic (exact) mass is 347 g/mol. The van der Waals surface area contributed by atoms with Crippen LogP contribution < -0.4 is 10.6 Å². The Kier molecular flexibility index (Phi) is 4.54. The first-order valence-corrected chi connectivity index (χ1v) is 7.88. The minimum absolute atomic E-state index is 0.0715. The molecule has 2 heterocycles. The number of allylic oxidation sites excluding steroid dienone is 1. The topological polar surface area (TPSA) is 92.9 Å². The molecule has 7 nitrogen and oxygen atoms in total. The van der Waals surface area contributed by atoms with Gasteiger partial charge in [-0.1, -0.05) is 12.1 Å². The first-order valence-electron chi connectivity index (χ1n) is 7.88. The number of amides is 2. The molecular formula is C17H18FN3O4. The van der Waals surface area contributed by atoms with Gasteiger partial charge in [-0.25, -0.2) is 9.45 Å². The fourth-order valence-corrected chi connectivity index (χ4v) is 2.99. The van der Waals surface area contributed by atoms with Crippen LogP contribution in [0.25, 0.3) is 0 Å². The zero-order valence-electron chi connectivity index (χ0n) is 13.5. The first kappa shape index (κ1) is 17.1. The highest BCUT2D eigenvalue weighted by Crippen LogP contribution is 2.34. The molecular weight excluding hydrogens is 329 g/mol. The molecule has 2 amide bonds. The van der Waals surface area contributed by atoms with Gasteiger partial charge in [-0.2, -0.15) is 0 Å². The Bertz CT molecular complexity index is 734. The van der Waals surface area contributed by atoms with Gasteiger partial charge in [0.15, 0.2) is 11.2 Å². The summed E-state index contributed by atoms with van der Waals surface area (Å²) in [6.45, 7) is -0.724. The van der Waals surface area contributed by atoms with Crippen LogP contribution in [0.3, 0.4) is 0 Å². The van der Waals surface area contributed by atoms with Crippen LogP contribution >= 0.6 is 0 Å². The van der Waals surface area contributed by atoms with Crippen molar-refractivity contribution in [3.8, 4) is 0 Å². The second kappa shape index (κ2) is 6.64. The van der Waals surface area contributed by atoms with Gasteiger partial charge in [-0.15, -0.1) is 0 Å². The normalized spacial score (nSPS) is 23.4. The van der Waals surface area contributed by atoms with Crippen molar-refractivity contribution >= 4 is 23.3 Å². The lowest BCUT2D eigenvalue weighted by Gasteiger charge is -2.25. The molecule has 3 rings (SSSR count). The molecule has 1 atom stereocenters. The summed E-state index contributed by atoms with van der Waals surface area (Å²) in [5.74, 6) is -1.42. The number of ketones is 1. The molecule has 0 bridgehead atoms. The number of hydrogen-bond acceptors (Lipinski definition) is 5. The van der Waals surface area contributed by atoms with Crippen LogP contribution in [0.1, 0.15) is 12.0 Å². The Labute approximate surface area is 143 Å². The predicted octanol–water partition coefficient (Wildman–Crippen LogP) is 0.446. The summed E-state index contributed by atoms with van der Waals surface area (Å²) in [6.07, 6.45) is 3.62. The molecule has 8 heteroatoms. The van der Waals surface area contributed by atoms with Gasteiger partial charge in [-0.3, -0.25) is 19.2 Å². The van der Waals surface area contributed by atoms with E-state index in [1.54, 1.807) is 30.5 Å². The number of hydroxylamine groups is 2. The van der Waals surface area contributed by atoms with Crippen LogP contribution in [-0.2, 0) is 24.6 Å². The molecule has 25 heavy (non-hydrogen) atoms. The maximum Gasteiger partial charge on any atom is 0.268 e. The summed E-state index contributed by atoms with van der Waals surface area (Å²) in [5.41, 5.74) is 5.05. The Morgan fingerprint density at radius 2 is 2.00 bits per heavy atom. The van der Waals surface area contributed by atoms with Crippen molar-refractivity contribution in [1.29, 1.82) is 0 Å². The molecule has 132 valence electrons. The maximum absolute atomic E-state index is 12.6. The fraction of sp³-hybridized carbons (Fsp3) is 0.353. The molecule has 1 fully saturated rings. The molecule has 0 spiro atoms. The van der Waals surface area contributed by atoms with E-state index in [1.807, 2.05) is 4.90 Å². The largest absolute Gasteiger partial charge is 0.368 e. The van der Waals surface area contributed by atoms with Crippen molar-refractivity contribution in [2.24, 2.45) is 5.73 Å². The Morgan fingerprint density at radius 1 is 1.28 bits per heavy atom. The van der Waals surface area contributed by atoms with E-state index in [9.17, 15) is 18.8 Å². The average Bonchev–Trinajstić information content (AvgIpc) is 2.94. The Hall–Kier alpha value is -2.74. The molecule has 0 aliphatic carbocycles. The van der Waals surface area contributed by atoms with Crippen molar-refractivity contribution in [1.82, 2.24) is 5.06 Å². The van der Waals surface area contributed by atoms with Crippen LogP contribution in [0, 0.1) is 0 Å². The van der Waals surface area contributed by atoms with E-state index in [0.29, 0.717) is 18.5 Å². The minimum atomic E-state index is -1.65. The molecule has 2 aliphatic heterocycles. The second-order valence-corrected chi connectivity index (χ2v) is 5.91. The number of halogens is 1. The summed E-state index contributed by atoms with van der Waals surface area (Å²) in [6, 6.07) is 6.74. The minimum Gasteiger partial charge on any atom is -0.368 e. The van der Waals surface area contributed by atoms with E-state index in [1.165, 1.54) is 6.08 Å². The quantitative estimate of drug-likeness (QED) is 0.781. The van der Waals surface area contributed by atoms with Crippen LogP contribution in [0.4, 0.5) is 10.1 Å². The fourth-order valence-electron chi connectivity index (χ4n) is 2.99. The van der Waals surface area contributed by atoms with Crippen LogP contribution in [0.15, 0.2) is 36.5 Å². The molecule has 0 aromatic heterocycles. The lowest BCUT2D eigenvalue weighted by atomic mass is 9.80. The van der Waals surface area contributed by atoms with Crippen LogP contribution in [0.2, 0.25) is 0 Å². The summed E-state index contributed by atoms with van der Waals surface area (Å²) in [5, 5.41) is 0.845. The summed E-state index contributed by atoms with van der Waals surface area (Å²) < 4.78 is 12.5. The second-order valence-electron chi connectivity index (χ2n) is 5.91. The van der Waals surface area contributed by atoms with Crippen molar-refractivity contribution in [3.05, 3.63) is 42.1 Å². The number of primary amides is 1. The third-order valence-electron chi connectivity index (χ3n) is 4.47. The van der Waals surface area contributed by atoms with Crippen LogP contribution in [0.5, 0.6) is 0 Å². The molecule has 1 saturated heterocycles. The van der Waals surface area contributed by atoms with E-state index >= 15 is 0 Å². The number of rotatable bonds is 5. The van der Waals surface area contributed by atoms with Gasteiger partial charge < -0.3 is 10.6 Å². The number of alkyl halides is 1. The van der Waals surface area contributed by atoms with E-state index in [0.717, 1.165) is 10.8 Å². The van der Waals surface area contributed by atoms with E-state index in [-0.39, 0.29) is 18.9 Å². The van der Waals surface area contributed by atoms with Crippen molar-refractivity contribution < 1.29 is 23.6 Å². The number of nitrogens with zero attached hydrogens (tertiary/aromatic N) is 2. The van der Waals surface area contributed by atoms with E-state index in [4.69, 9.17) is 10.6 Å². The Morgan fingerprint density at radius 3 is 2.56 bits per heavy atom. The SMILES string of the molecule is NC(=O)[C@@]1(c2ccc(N3C=CC(=O)CC3)cc2)CON(CCF)C1=O. The van der Waals surface area contributed by atoms with Gasteiger partial charge >= 0.3 is 0 Å². The number of hydrogen-bond donors (Lipinski definition) is 1. The molecule has 2 N–H and O–H groups in total. The lowest BCUT2D eigenvalue weighted by Crippen LogP contribution is -2.49. The van der Waals surface area contributed by atoms with Gasteiger partial charge in [-0.05, 0) is 23.8 Å². The van der Waals surface area contributed by atoms with Gasteiger partial charge in [0.05, 0.1) is 6.54 Å². The standard InChI is InChI=1S/C17H18FN3O4/c18-7-10-21-16(24)17(11-25-21,15(19)23)12-1-3-13(4-2-12)20-8-5-14(22)6-9-20/h1-5,8H,6-7,9-11H2,(H2,19,23)/t17-/m0/s1. The predicted molar refractivity (Wildman–Crippen MR) is 87.1 cm³/mol. The van der Waals surface area contributed by atoms with Gasteiger partial charge in [0.1, 0.15) is 13.3 Å². The van der Waals surface area contributed by atoms with E-state index < -0.39 is 23.9 Å². The summed E-state index contributed by atoms with van der Waals surface area (Å²) >= 11 is 0. The van der Waals surface area contributed by atoms with Crippen molar-refractivity contribution in [2.45, 2.75) is 11.8 Å². The third-order valence-corrected chi connectivity index (χ3v) is 4.47. The van der Waals surface area contributed by atoms with Gasteiger partial charge in [0.25, 0.3) is 5.91 Å². The molecule has 1 aromatic carbocycles. The Balaban J connectivity index is 1.89. The maximum atomic E-state index is 12.6.